The number of ether oxygens (including phenoxy) is 1. The molecule has 1 rings (SSSR count). The zero-order valence-electron chi connectivity index (χ0n) is 8.18. The molecule has 0 radical (unpaired) electrons. The monoisotopic (exact) mass is 154 g/mol. The third-order valence-corrected chi connectivity index (χ3v) is 3.28. The highest BCUT2D eigenvalue weighted by Crippen LogP contribution is 2.41. The first-order chi connectivity index (χ1) is 5.10. The Morgan fingerprint density at radius 1 is 1.64 bits per heavy atom. The van der Waals surface area contributed by atoms with Crippen molar-refractivity contribution >= 4 is 7.85 Å². The van der Waals surface area contributed by atoms with Crippen molar-refractivity contribution in [3.05, 3.63) is 0 Å². The molecule has 0 aromatic rings. The average molecular weight is 154 g/mol. The maximum atomic E-state index is 5.62. The van der Waals surface area contributed by atoms with E-state index >= 15 is 0 Å². The van der Waals surface area contributed by atoms with Gasteiger partial charge in [-0.3, -0.25) is 0 Å². The third kappa shape index (κ3) is 1.61. The average Bonchev–Trinajstić information content (AvgIpc) is 2.33. The molecule has 2 atom stereocenters. The summed E-state index contributed by atoms with van der Waals surface area (Å²) in [6.07, 6.45) is 2.51. The van der Waals surface area contributed by atoms with Crippen molar-refractivity contribution in [3.8, 4) is 0 Å². The Hall–Kier alpha value is 0.0249. The Kier molecular flexibility index (Phi) is 2.63. The summed E-state index contributed by atoms with van der Waals surface area (Å²) in [5, 5.41) is 0. The smallest absolute Gasteiger partial charge is 0.139 e. The SMILES string of the molecule is BC1CC(CC)(C(C)C)CO1. The van der Waals surface area contributed by atoms with E-state index in [-0.39, 0.29) is 0 Å². The first-order valence-electron chi connectivity index (χ1n) is 4.72. The number of hydrogen-bond donors (Lipinski definition) is 0. The van der Waals surface area contributed by atoms with E-state index in [0.717, 1.165) is 12.5 Å². The Bertz CT molecular complexity index is 136. The van der Waals surface area contributed by atoms with Gasteiger partial charge >= 0.3 is 0 Å². The Labute approximate surface area is 70.9 Å². The van der Waals surface area contributed by atoms with Gasteiger partial charge in [-0.2, -0.15) is 0 Å². The zero-order valence-corrected chi connectivity index (χ0v) is 8.18. The Morgan fingerprint density at radius 3 is 2.45 bits per heavy atom. The largest absolute Gasteiger partial charge is 0.387 e. The predicted molar refractivity (Wildman–Crippen MR) is 50.5 cm³/mol. The molecule has 0 bridgehead atoms. The fraction of sp³-hybridized carbons (Fsp3) is 1.00. The van der Waals surface area contributed by atoms with Gasteiger partial charge in [0.1, 0.15) is 7.85 Å². The fourth-order valence-electron chi connectivity index (χ4n) is 2.06. The minimum atomic E-state index is 0.484. The van der Waals surface area contributed by atoms with Gasteiger partial charge in [-0.25, -0.2) is 0 Å². The quantitative estimate of drug-likeness (QED) is 0.546. The van der Waals surface area contributed by atoms with Crippen molar-refractivity contribution < 1.29 is 4.74 Å². The van der Waals surface area contributed by atoms with Gasteiger partial charge in [-0.05, 0) is 24.2 Å². The highest BCUT2D eigenvalue weighted by molar-refractivity contribution is 6.11. The number of hydrogen-bond acceptors (Lipinski definition) is 1. The summed E-state index contributed by atoms with van der Waals surface area (Å²) < 4.78 is 5.62. The highest BCUT2D eigenvalue weighted by atomic mass is 16.5. The lowest BCUT2D eigenvalue weighted by Crippen LogP contribution is -2.27. The molecule has 0 aromatic heterocycles. The van der Waals surface area contributed by atoms with E-state index in [1.54, 1.807) is 0 Å². The molecule has 2 unspecified atom stereocenters. The second-order valence-corrected chi connectivity index (χ2v) is 4.20. The van der Waals surface area contributed by atoms with E-state index < -0.39 is 0 Å². The lowest BCUT2D eigenvalue weighted by atomic mass is 9.71. The Morgan fingerprint density at radius 2 is 2.27 bits per heavy atom. The molecule has 1 aliphatic rings. The van der Waals surface area contributed by atoms with Crippen molar-refractivity contribution in [2.75, 3.05) is 6.61 Å². The van der Waals surface area contributed by atoms with E-state index in [4.69, 9.17) is 4.74 Å². The zero-order chi connectivity index (χ0) is 8.48. The molecule has 2 heteroatoms. The molecule has 11 heavy (non-hydrogen) atoms. The van der Waals surface area contributed by atoms with Crippen LogP contribution in [0.25, 0.3) is 0 Å². The molecule has 1 heterocycles. The fourth-order valence-corrected chi connectivity index (χ4v) is 2.06. The third-order valence-electron chi connectivity index (χ3n) is 3.28. The van der Waals surface area contributed by atoms with Crippen LogP contribution in [-0.2, 0) is 4.74 Å². The lowest BCUT2D eigenvalue weighted by Gasteiger charge is -2.30. The molecule has 0 N–H and O–H groups in total. The molecule has 1 fully saturated rings. The van der Waals surface area contributed by atoms with E-state index in [9.17, 15) is 0 Å². The van der Waals surface area contributed by atoms with Gasteiger partial charge in [-0.15, -0.1) is 0 Å². The van der Waals surface area contributed by atoms with Crippen LogP contribution in [-0.4, -0.2) is 20.5 Å². The normalized spacial score (nSPS) is 38.4. The minimum Gasteiger partial charge on any atom is -0.387 e. The topological polar surface area (TPSA) is 9.23 Å². The van der Waals surface area contributed by atoms with Gasteiger partial charge in [0.25, 0.3) is 0 Å². The van der Waals surface area contributed by atoms with Gasteiger partial charge in [-0.1, -0.05) is 20.8 Å². The molecule has 1 saturated heterocycles. The predicted octanol–water partition coefficient (Wildman–Crippen LogP) is 1.42. The molecular formula is C9H19BO. The summed E-state index contributed by atoms with van der Waals surface area (Å²) in [4.78, 5) is 0. The van der Waals surface area contributed by atoms with Crippen LogP contribution in [0, 0.1) is 11.3 Å². The first-order valence-corrected chi connectivity index (χ1v) is 4.72. The van der Waals surface area contributed by atoms with Crippen LogP contribution >= 0.6 is 0 Å². The summed E-state index contributed by atoms with van der Waals surface area (Å²) in [5.74, 6) is 0.762. The van der Waals surface area contributed by atoms with Crippen molar-refractivity contribution in [1.82, 2.24) is 0 Å². The van der Waals surface area contributed by atoms with Crippen LogP contribution in [0.1, 0.15) is 33.6 Å². The molecule has 0 spiro atoms. The summed E-state index contributed by atoms with van der Waals surface area (Å²) in [7, 11) is 2.18. The van der Waals surface area contributed by atoms with E-state index in [2.05, 4.69) is 28.6 Å². The maximum absolute atomic E-state index is 5.62. The van der Waals surface area contributed by atoms with E-state index in [1.807, 2.05) is 0 Å². The molecule has 0 saturated carbocycles. The van der Waals surface area contributed by atoms with E-state index in [1.165, 1.54) is 12.8 Å². The van der Waals surface area contributed by atoms with Crippen molar-refractivity contribution in [2.24, 2.45) is 11.3 Å². The van der Waals surface area contributed by atoms with Crippen molar-refractivity contribution in [3.63, 3.8) is 0 Å². The summed E-state index contributed by atoms with van der Waals surface area (Å²) in [6, 6.07) is 0.484. The van der Waals surface area contributed by atoms with Gasteiger partial charge in [0.2, 0.25) is 0 Å². The summed E-state index contributed by atoms with van der Waals surface area (Å²) in [6.45, 7) is 7.87. The molecule has 0 aliphatic carbocycles. The molecule has 1 aliphatic heterocycles. The standard InChI is InChI=1S/C9H19BO/c1-4-9(7(2)3)5-8(10)11-6-9/h7-8H,4-6,10H2,1-3H3. The van der Waals surface area contributed by atoms with E-state index in [0.29, 0.717) is 11.4 Å². The van der Waals surface area contributed by atoms with Gasteiger partial charge in [0, 0.05) is 6.00 Å². The van der Waals surface area contributed by atoms with Gasteiger partial charge in [0.15, 0.2) is 0 Å². The van der Waals surface area contributed by atoms with Gasteiger partial charge < -0.3 is 4.74 Å². The van der Waals surface area contributed by atoms with Crippen LogP contribution in [0.3, 0.4) is 0 Å². The minimum absolute atomic E-state index is 0.484. The summed E-state index contributed by atoms with van der Waals surface area (Å²) in [5.41, 5.74) is 0.486. The summed E-state index contributed by atoms with van der Waals surface area (Å²) >= 11 is 0. The molecule has 1 nitrogen and oxygen atoms in total. The van der Waals surface area contributed by atoms with Crippen molar-refractivity contribution in [2.45, 2.75) is 39.6 Å². The second kappa shape index (κ2) is 3.18. The van der Waals surface area contributed by atoms with Crippen molar-refractivity contribution in [1.29, 1.82) is 0 Å². The maximum Gasteiger partial charge on any atom is 0.139 e. The molecule has 0 amide bonds. The number of rotatable bonds is 2. The first kappa shape index (κ1) is 9.12. The lowest BCUT2D eigenvalue weighted by molar-refractivity contribution is 0.107. The van der Waals surface area contributed by atoms with Crippen LogP contribution in [0.2, 0.25) is 0 Å². The molecular weight excluding hydrogens is 135 g/mol. The van der Waals surface area contributed by atoms with Gasteiger partial charge in [0.05, 0.1) is 6.61 Å². The second-order valence-electron chi connectivity index (χ2n) is 4.20. The molecule has 64 valence electrons. The van der Waals surface area contributed by atoms with Crippen LogP contribution in [0.5, 0.6) is 0 Å². The molecule has 0 aromatic carbocycles. The van der Waals surface area contributed by atoms with Crippen LogP contribution < -0.4 is 0 Å². The van der Waals surface area contributed by atoms with Crippen LogP contribution in [0.15, 0.2) is 0 Å². The highest BCUT2D eigenvalue weighted by Gasteiger charge is 2.39. The van der Waals surface area contributed by atoms with Crippen LogP contribution in [0.4, 0.5) is 0 Å². The Balaban J connectivity index is 2.62.